The Balaban J connectivity index is 1.43. The van der Waals surface area contributed by atoms with Gasteiger partial charge in [0, 0.05) is 29.2 Å². The number of aromatic amines is 1. The van der Waals surface area contributed by atoms with Crippen LogP contribution in [0.3, 0.4) is 0 Å². The Morgan fingerprint density at radius 1 is 1.15 bits per heavy atom. The van der Waals surface area contributed by atoms with E-state index < -0.39 is 29.6 Å². The number of rotatable bonds is 5. The average Bonchev–Trinajstić information content (AvgIpc) is 3.55. The number of amides is 3. The van der Waals surface area contributed by atoms with Crippen LogP contribution in [-0.4, -0.2) is 46.3 Å². The van der Waals surface area contributed by atoms with E-state index in [4.69, 9.17) is 21.4 Å². The summed E-state index contributed by atoms with van der Waals surface area (Å²) in [5.74, 6) is -1.03. The molecule has 39 heavy (non-hydrogen) atoms. The molecule has 1 spiro atoms. The molecule has 2 aliphatic rings. The fraction of sp³-hybridized carbons (Fsp3) is 0.214. The highest BCUT2D eigenvalue weighted by molar-refractivity contribution is 6.31. The third-order valence-electron chi connectivity index (χ3n) is 7.15. The summed E-state index contributed by atoms with van der Waals surface area (Å²) in [5, 5.41) is 15.1. The quantitative estimate of drug-likeness (QED) is 0.277. The minimum atomic E-state index is -1.19. The first-order valence-corrected chi connectivity index (χ1v) is 12.8. The first kappa shape index (κ1) is 24.9. The third kappa shape index (κ3) is 4.58. The van der Waals surface area contributed by atoms with Gasteiger partial charge in [-0.05, 0) is 54.9 Å². The second-order valence-corrected chi connectivity index (χ2v) is 10.1. The van der Waals surface area contributed by atoms with Gasteiger partial charge in [0.05, 0.1) is 16.7 Å². The van der Waals surface area contributed by atoms with Gasteiger partial charge in [0.1, 0.15) is 11.7 Å². The first-order chi connectivity index (χ1) is 18.8. The molecule has 3 amide bonds. The number of carbonyl (C=O) groups is 3. The van der Waals surface area contributed by atoms with Crippen molar-refractivity contribution in [1.29, 1.82) is 0 Å². The number of aromatic nitrogens is 2. The van der Waals surface area contributed by atoms with E-state index in [0.29, 0.717) is 58.3 Å². The predicted molar refractivity (Wildman–Crippen MR) is 145 cm³/mol. The molecule has 1 fully saturated rings. The number of fused-ring (bicyclic) bond motifs is 3. The van der Waals surface area contributed by atoms with Gasteiger partial charge in [-0.15, -0.1) is 0 Å². The van der Waals surface area contributed by atoms with Crippen LogP contribution in [0.4, 0.5) is 21.0 Å². The number of nitrogens with one attached hydrogen (secondary N) is 3. The highest BCUT2D eigenvalue weighted by Crippen LogP contribution is 2.45. The molecule has 0 unspecified atom stereocenters. The van der Waals surface area contributed by atoms with E-state index in [0.717, 1.165) is 10.5 Å². The molecule has 11 heteroatoms. The maximum Gasteiger partial charge on any atom is 0.422 e. The number of benzene rings is 3. The fourth-order valence-corrected chi connectivity index (χ4v) is 5.50. The lowest BCUT2D eigenvalue weighted by atomic mass is 9.88. The van der Waals surface area contributed by atoms with Crippen molar-refractivity contribution in [3.8, 4) is 0 Å². The van der Waals surface area contributed by atoms with Crippen LogP contribution in [0.2, 0.25) is 5.02 Å². The number of imidazole rings is 1. The lowest BCUT2D eigenvalue weighted by Crippen LogP contribution is -2.51. The van der Waals surface area contributed by atoms with Crippen molar-refractivity contribution >= 4 is 52.1 Å². The summed E-state index contributed by atoms with van der Waals surface area (Å²) >= 11 is 6.34. The maximum atomic E-state index is 14.3. The summed E-state index contributed by atoms with van der Waals surface area (Å²) in [6.45, 7) is 1.10. The highest BCUT2D eigenvalue weighted by atomic mass is 35.5. The molecule has 2 atom stereocenters. The molecule has 0 bridgehead atoms. The molecule has 0 radical (unpaired) electrons. The molecule has 6 rings (SSSR count). The number of anilines is 2. The zero-order chi connectivity index (χ0) is 27.1. The van der Waals surface area contributed by atoms with Gasteiger partial charge in [0.15, 0.2) is 5.60 Å². The van der Waals surface area contributed by atoms with Gasteiger partial charge in [-0.1, -0.05) is 41.9 Å². The predicted octanol–water partition coefficient (Wildman–Crippen LogP) is 5.00. The number of halogens is 1. The molecule has 10 nitrogen and oxygen atoms in total. The molecular formula is C28H24ClN5O5. The number of ether oxygens (including phenoxy) is 1. The topological polar surface area (TPSA) is 137 Å². The number of imide groups is 1. The van der Waals surface area contributed by atoms with Crippen LogP contribution < -0.4 is 15.5 Å². The second kappa shape index (κ2) is 9.72. The molecule has 3 heterocycles. The molecular weight excluding hydrogens is 522 g/mol. The van der Waals surface area contributed by atoms with Crippen molar-refractivity contribution in [2.45, 2.75) is 24.4 Å². The van der Waals surface area contributed by atoms with Crippen LogP contribution in [0.15, 0.2) is 66.7 Å². The standard InChI is InChI=1S/C28H24ClN5O5/c29-17-6-9-23-20(13-17)28(10-11-30-15-28)39-27(38)34(23)25(35)19(12-16-4-2-1-3-5-16)24-32-21-8-7-18(31-26(36)37)14-22(21)33-24/h1-9,13-14,19,30-31H,10-12,15H2,(H,32,33)(H,36,37)/t19-,28+/m1/s1. The van der Waals surface area contributed by atoms with Gasteiger partial charge in [-0.25, -0.2) is 19.5 Å². The molecule has 4 aromatic rings. The Hall–Kier alpha value is -4.41. The van der Waals surface area contributed by atoms with E-state index in [-0.39, 0.29) is 6.42 Å². The Bertz CT molecular complexity index is 1600. The summed E-state index contributed by atoms with van der Waals surface area (Å²) in [5.41, 5.74) is 2.56. The number of carbonyl (C=O) groups excluding carboxylic acids is 2. The lowest BCUT2D eigenvalue weighted by molar-refractivity contribution is -0.120. The van der Waals surface area contributed by atoms with Crippen LogP contribution in [0.5, 0.6) is 0 Å². The van der Waals surface area contributed by atoms with E-state index in [1.165, 1.54) is 0 Å². The number of carboxylic acid groups (broad SMARTS) is 1. The van der Waals surface area contributed by atoms with Gasteiger partial charge < -0.3 is 20.1 Å². The molecule has 3 aromatic carbocycles. The van der Waals surface area contributed by atoms with Crippen molar-refractivity contribution in [2.75, 3.05) is 23.3 Å². The molecule has 0 saturated carbocycles. The van der Waals surface area contributed by atoms with Crippen molar-refractivity contribution in [1.82, 2.24) is 15.3 Å². The zero-order valence-electron chi connectivity index (χ0n) is 20.6. The first-order valence-electron chi connectivity index (χ1n) is 12.4. The summed E-state index contributed by atoms with van der Waals surface area (Å²) in [6.07, 6.45) is -1.11. The fourth-order valence-electron chi connectivity index (χ4n) is 5.33. The summed E-state index contributed by atoms with van der Waals surface area (Å²) in [7, 11) is 0. The van der Waals surface area contributed by atoms with Crippen LogP contribution in [0, 0.1) is 0 Å². The van der Waals surface area contributed by atoms with Gasteiger partial charge in [0.2, 0.25) is 5.91 Å². The zero-order valence-corrected chi connectivity index (χ0v) is 21.4. The molecule has 198 valence electrons. The van der Waals surface area contributed by atoms with E-state index in [1.807, 2.05) is 30.3 Å². The normalized spacial score (nSPS) is 19.1. The molecule has 2 aliphatic heterocycles. The van der Waals surface area contributed by atoms with Crippen LogP contribution in [-0.2, 0) is 21.6 Å². The summed E-state index contributed by atoms with van der Waals surface area (Å²) in [4.78, 5) is 47.7. The van der Waals surface area contributed by atoms with Gasteiger partial charge in [-0.2, -0.15) is 0 Å². The largest absolute Gasteiger partial charge is 0.465 e. The molecule has 1 aromatic heterocycles. The van der Waals surface area contributed by atoms with Gasteiger partial charge >= 0.3 is 12.2 Å². The Morgan fingerprint density at radius 2 is 1.97 bits per heavy atom. The van der Waals surface area contributed by atoms with Crippen molar-refractivity contribution in [3.63, 3.8) is 0 Å². The Kier molecular flexibility index (Phi) is 6.20. The number of hydrogen-bond donors (Lipinski definition) is 4. The van der Waals surface area contributed by atoms with Crippen LogP contribution in [0.1, 0.15) is 29.3 Å². The maximum absolute atomic E-state index is 14.3. The Morgan fingerprint density at radius 3 is 2.72 bits per heavy atom. The molecule has 0 aliphatic carbocycles. The van der Waals surface area contributed by atoms with Crippen LogP contribution >= 0.6 is 11.6 Å². The smallest absolute Gasteiger partial charge is 0.422 e. The van der Waals surface area contributed by atoms with Crippen molar-refractivity contribution in [3.05, 3.63) is 88.7 Å². The van der Waals surface area contributed by atoms with E-state index >= 15 is 0 Å². The second-order valence-electron chi connectivity index (χ2n) is 9.65. The van der Waals surface area contributed by atoms with E-state index in [1.54, 1.807) is 36.4 Å². The average molecular weight is 546 g/mol. The highest BCUT2D eigenvalue weighted by Gasteiger charge is 2.50. The minimum Gasteiger partial charge on any atom is -0.465 e. The lowest BCUT2D eigenvalue weighted by Gasteiger charge is -2.40. The van der Waals surface area contributed by atoms with Gasteiger partial charge in [0.25, 0.3) is 0 Å². The third-order valence-corrected chi connectivity index (χ3v) is 7.39. The minimum absolute atomic E-state index is 0.263. The van der Waals surface area contributed by atoms with Crippen molar-refractivity contribution < 1.29 is 24.2 Å². The van der Waals surface area contributed by atoms with Crippen molar-refractivity contribution in [2.24, 2.45) is 0 Å². The molecule has 1 saturated heterocycles. The Labute approximate surface area is 227 Å². The summed E-state index contributed by atoms with van der Waals surface area (Å²) < 4.78 is 5.95. The number of nitrogens with zero attached hydrogens (tertiary/aromatic N) is 2. The number of hydrogen-bond acceptors (Lipinski definition) is 6. The SMILES string of the molecule is O=C(O)Nc1ccc2nc([C@@H](Cc3ccccc3)C(=O)N3C(=O)O[C@]4(CCNC4)c4cc(Cl)ccc43)[nH]c2c1. The van der Waals surface area contributed by atoms with Crippen LogP contribution in [0.25, 0.3) is 11.0 Å². The molecule has 4 N–H and O–H groups in total. The number of H-pyrrole nitrogens is 1. The monoisotopic (exact) mass is 545 g/mol. The van der Waals surface area contributed by atoms with Gasteiger partial charge in [-0.3, -0.25) is 10.1 Å². The van der Waals surface area contributed by atoms with E-state index in [9.17, 15) is 14.4 Å². The van der Waals surface area contributed by atoms with E-state index in [2.05, 4.69) is 20.6 Å². The summed E-state index contributed by atoms with van der Waals surface area (Å²) in [6, 6.07) is 19.4.